The van der Waals surface area contributed by atoms with E-state index in [0.29, 0.717) is 22.5 Å². The van der Waals surface area contributed by atoms with E-state index >= 15 is 0 Å². The second kappa shape index (κ2) is 6.96. The van der Waals surface area contributed by atoms with Crippen molar-refractivity contribution >= 4 is 38.8 Å². The molecule has 0 atom stereocenters. The average Bonchev–Trinajstić information content (AvgIpc) is 2.71. The largest absolute Gasteiger partial charge is 0.438 e. The van der Waals surface area contributed by atoms with Gasteiger partial charge in [0.2, 0.25) is 5.55 Å². The minimum atomic E-state index is -0.453. The Morgan fingerprint density at radius 1 is 1.07 bits per heavy atom. The van der Waals surface area contributed by atoms with Crippen molar-refractivity contribution in [1.29, 1.82) is 5.41 Å². The molecule has 0 aliphatic rings. The van der Waals surface area contributed by atoms with Crippen molar-refractivity contribution in [3.8, 4) is 0 Å². The van der Waals surface area contributed by atoms with Gasteiger partial charge in [0.15, 0.2) is 0 Å². The fourth-order valence-electron chi connectivity index (χ4n) is 3.02. The normalized spacial score (nSPS) is 11.7. The zero-order valence-electron chi connectivity index (χ0n) is 15.0. The van der Waals surface area contributed by atoms with Crippen LogP contribution in [0.1, 0.15) is 12.5 Å². The summed E-state index contributed by atoms with van der Waals surface area (Å²) >= 11 is 0. The molecule has 28 heavy (non-hydrogen) atoms. The highest BCUT2D eigenvalue weighted by Crippen LogP contribution is 2.25. The fraction of sp³-hybridized carbons (Fsp3) is 0.0476. The minimum Gasteiger partial charge on any atom is -0.438 e. The maximum absolute atomic E-state index is 10.7. The van der Waals surface area contributed by atoms with Gasteiger partial charge in [-0.3, -0.25) is 20.9 Å². The van der Waals surface area contributed by atoms with Gasteiger partial charge in [0, 0.05) is 17.5 Å². The monoisotopic (exact) mass is 372 g/mol. The van der Waals surface area contributed by atoms with Crippen LogP contribution in [-0.2, 0) is 0 Å². The molecule has 0 bridgehead atoms. The van der Waals surface area contributed by atoms with E-state index in [1.165, 1.54) is 12.1 Å². The Morgan fingerprint density at radius 3 is 2.57 bits per heavy atom. The Balaban J connectivity index is 1.71. The molecule has 0 aliphatic heterocycles. The smallest absolute Gasteiger partial charge is 0.269 e. The van der Waals surface area contributed by atoms with Crippen LogP contribution in [0.4, 0.5) is 11.4 Å². The summed E-state index contributed by atoms with van der Waals surface area (Å²) in [5, 5.41) is 26.3. The lowest BCUT2D eigenvalue weighted by atomic mass is 10.0. The van der Waals surface area contributed by atoms with Crippen LogP contribution in [0, 0.1) is 15.5 Å². The number of nitrogens with one attached hydrogen (secondary N) is 2. The van der Waals surface area contributed by atoms with Crippen LogP contribution in [0.2, 0.25) is 0 Å². The molecule has 0 unspecified atom stereocenters. The molecular weight excluding hydrogens is 356 g/mol. The molecule has 2 N–H and O–H groups in total. The van der Waals surface area contributed by atoms with Gasteiger partial charge in [-0.1, -0.05) is 30.3 Å². The van der Waals surface area contributed by atoms with Gasteiger partial charge in [0.25, 0.3) is 5.69 Å². The second-order valence-corrected chi connectivity index (χ2v) is 6.30. The standard InChI is InChI=1S/C21H16N4O3/c1-13(23-24-15-7-9-16(10-8-15)25(26)27)18-12-19-17-5-3-2-4-14(17)6-11-20(19)28-21(18)22/h2-12,22,24H,1H3/b22-21?,23-13-. The Bertz CT molecular complexity index is 1290. The molecule has 1 heterocycles. The van der Waals surface area contributed by atoms with E-state index in [2.05, 4.69) is 10.5 Å². The summed E-state index contributed by atoms with van der Waals surface area (Å²) in [4.78, 5) is 10.3. The van der Waals surface area contributed by atoms with Crippen LogP contribution in [-0.4, -0.2) is 10.6 Å². The van der Waals surface area contributed by atoms with Crippen molar-refractivity contribution in [2.24, 2.45) is 5.10 Å². The third kappa shape index (κ3) is 3.21. The maximum Gasteiger partial charge on any atom is 0.269 e. The Kier molecular flexibility index (Phi) is 4.33. The lowest BCUT2D eigenvalue weighted by molar-refractivity contribution is -0.384. The van der Waals surface area contributed by atoms with Gasteiger partial charge in [-0.25, -0.2) is 0 Å². The number of fused-ring (bicyclic) bond motifs is 3. The lowest BCUT2D eigenvalue weighted by Gasteiger charge is -2.07. The third-order valence-corrected chi connectivity index (χ3v) is 4.50. The number of rotatable bonds is 4. The van der Waals surface area contributed by atoms with Crippen LogP contribution in [0.5, 0.6) is 0 Å². The van der Waals surface area contributed by atoms with Crippen molar-refractivity contribution in [2.45, 2.75) is 6.92 Å². The highest BCUT2D eigenvalue weighted by Gasteiger charge is 2.09. The molecule has 0 saturated carbocycles. The highest BCUT2D eigenvalue weighted by atomic mass is 16.6. The zero-order valence-corrected chi connectivity index (χ0v) is 15.0. The highest BCUT2D eigenvalue weighted by molar-refractivity contribution is 6.08. The molecule has 0 aliphatic carbocycles. The first kappa shape index (κ1) is 17.4. The SMILES string of the molecule is C/C(=N/Nc1ccc([N+](=O)[O-])cc1)c1cc2c(ccc3ccccc32)oc1=N. The van der Waals surface area contributed by atoms with E-state index < -0.39 is 4.92 Å². The molecular formula is C21H16N4O3. The van der Waals surface area contributed by atoms with E-state index in [1.807, 2.05) is 42.5 Å². The van der Waals surface area contributed by atoms with Gasteiger partial charge in [-0.15, -0.1) is 0 Å². The number of nitrogens with zero attached hydrogens (tertiary/aromatic N) is 2. The second-order valence-electron chi connectivity index (χ2n) is 6.30. The first-order chi connectivity index (χ1) is 13.5. The number of hydrogen-bond acceptors (Lipinski definition) is 6. The first-order valence-corrected chi connectivity index (χ1v) is 8.58. The number of non-ortho nitro benzene ring substituents is 1. The summed E-state index contributed by atoms with van der Waals surface area (Å²) in [5.74, 6) is 0. The van der Waals surface area contributed by atoms with Crippen molar-refractivity contribution in [1.82, 2.24) is 0 Å². The molecule has 0 amide bonds. The topological polar surface area (TPSA) is 105 Å². The molecule has 0 saturated heterocycles. The molecule has 1 aromatic heterocycles. The van der Waals surface area contributed by atoms with Crippen LogP contribution in [0.3, 0.4) is 0 Å². The molecule has 7 heteroatoms. The van der Waals surface area contributed by atoms with E-state index in [9.17, 15) is 10.1 Å². The summed E-state index contributed by atoms with van der Waals surface area (Å²) < 4.78 is 5.70. The Morgan fingerprint density at radius 2 is 1.82 bits per heavy atom. The molecule has 0 radical (unpaired) electrons. The number of nitro benzene ring substituents is 1. The number of nitro groups is 1. The molecule has 4 rings (SSSR count). The quantitative estimate of drug-likeness (QED) is 0.232. The predicted molar refractivity (Wildman–Crippen MR) is 109 cm³/mol. The third-order valence-electron chi connectivity index (χ3n) is 4.50. The fourth-order valence-corrected chi connectivity index (χ4v) is 3.02. The van der Waals surface area contributed by atoms with Gasteiger partial charge in [-0.05, 0) is 42.0 Å². The Labute approximate surface area is 159 Å². The van der Waals surface area contributed by atoms with E-state index in [-0.39, 0.29) is 11.2 Å². The summed E-state index contributed by atoms with van der Waals surface area (Å²) in [6, 6.07) is 19.7. The maximum atomic E-state index is 10.7. The molecule has 4 aromatic rings. The van der Waals surface area contributed by atoms with Crippen LogP contribution in [0.15, 0.2) is 76.2 Å². The van der Waals surface area contributed by atoms with Crippen LogP contribution >= 0.6 is 0 Å². The van der Waals surface area contributed by atoms with Gasteiger partial charge in [-0.2, -0.15) is 5.10 Å². The van der Waals surface area contributed by atoms with E-state index in [0.717, 1.165) is 16.2 Å². The lowest BCUT2D eigenvalue weighted by Crippen LogP contribution is -2.13. The van der Waals surface area contributed by atoms with Crippen molar-refractivity contribution in [3.05, 3.63) is 88.0 Å². The molecule has 0 spiro atoms. The Hall–Kier alpha value is -4.00. The van der Waals surface area contributed by atoms with Crippen molar-refractivity contribution < 1.29 is 9.34 Å². The number of hydrazone groups is 1. The predicted octanol–water partition coefficient (Wildman–Crippen LogP) is 4.81. The van der Waals surface area contributed by atoms with Gasteiger partial charge < -0.3 is 4.42 Å². The van der Waals surface area contributed by atoms with Gasteiger partial charge in [0.1, 0.15) is 5.58 Å². The molecule has 3 aromatic carbocycles. The summed E-state index contributed by atoms with van der Waals surface area (Å²) in [6.45, 7) is 1.78. The summed E-state index contributed by atoms with van der Waals surface area (Å²) in [6.07, 6.45) is 0. The van der Waals surface area contributed by atoms with Gasteiger partial charge >= 0.3 is 0 Å². The number of hydrogen-bond donors (Lipinski definition) is 2. The molecule has 7 nitrogen and oxygen atoms in total. The summed E-state index contributed by atoms with van der Waals surface area (Å²) in [7, 11) is 0. The van der Waals surface area contributed by atoms with Crippen molar-refractivity contribution in [3.63, 3.8) is 0 Å². The zero-order chi connectivity index (χ0) is 19.7. The van der Waals surface area contributed by atoms with Crippen molar-refractivity contribution in [2.75, 3.05) is 5.43 Å². The summed E-state index contributed by atoms with van der Waals surface area (Å²) in [5.41, 5.74) is 5.29. The van der Waals surface area contributed by atoms with E-state index in [4.69, 9.17) is 9.83 Å². The number of benzene rings is 3. The average molecular weight is 372 g/mol. The number of anilines is 1. The van der Waals surface area contributed by atoms with E-state index in [1.54, 1.807) is 19.1 Å². The molecule has 138 valence electrons. The first-order valence-electron chi connectivity index (χ1n) is 8.58. The van der Waals surface area contributed by atoms with Gasteiger partial charge in [0.05, 0.1) is 21.9 Å². The van der Waals surface area contributed by atoms with Crippen LogP contribution < -0.4 is 11.0 Å². The van der Waals surface area contributed by atoms with Crippen LogP contribution in [0.25, 0.3) is 21.7 Å². The minimum absolute atomic E-state index is 0.0138. The molecule has 0 fully saturated rings.